The van der Waals surface area contributed by atoms with Gasteiger partial charge in [-0.3, -0.25) is 0 Å². The van der Waals surface area contributed by atoms with Crippen LogP contribution in [0.3, 0.4) is 0 Å². The fourth-order valence-electron chi connectivity index (χ4n) is 1.83. The maximum atomic E-state index is 9.88. The first-order valence-corrected chi connectivity index (χ1v) is 5.77. The van der Waals surface area contributed by atoms with E-state index >= 15 is 0 Å². The molecular formula is C12H26O2. The first-order chi connectivity index (χ1) is 6.47. The predicted octanol–water partition coefficient (Wildman–Crippen LogP) is 2.84. The van der Waals surface area contributed by atoms with E-state index in [-0.39, 0.29) is 12.2 Å². The van der Waals surface area contributed by atoms with Gasteiger partial charge in [-0.15, -0.1) is 0 Å². The summed E-state index contributed by atoms with van der Waals surface area (Å²) in [6, 6.07) is 0. The lowest BCUT2D eigenvalue weighted by Crippen LogP contribution is -2.25. The lowest BCUT2D eigenvalue weighted by atomic mass is 9.91. The minimum atomic E-state index is -0.223. The highest BCUT2D eigenvalue weighted by atomic mass is 16.5. The van der Waals surface area contributed by atoms with Crippen molar-refractivity contribution in [2.75, 3.05) is 6.61 Å². The fourth-order valence-corrected chi connectivity index (χ4v) is 1.83. The molecule has 0 saturated carbocycles. The van der Waals surface area contributed by atoms with Crippen LogP contribution >= 0.6 is 0 Å². The molecular weight excluding hydrogens is 176 g/mol. The van der Waals surface area contributed by atoms with Crippen molar-refractivity contribution in [3.8, 4) is 0 Å². The Morgan fingerprint density at radius 1 is 1.07 bits per heavy atom. The number of hydrogen-bond donors (Lipinski definition) is 1. The third-order valence-corrected chi connectivity index (χ3v) is 2.52. The van der Waals surface area contributed by atoms with Crippen LogP contribution in [-0.2, 0) is 4.74 Å². The summed E-state index contributed by atoms with van der Waals surface area (Å²) in [5.41, 5.74) is 0. The molecule has 0 bridgehead atoms. The molecule has 0 heterocycles. The number of aliphatic hydroxyl groups excluding tert-OH is 1. The molecule has 0 aliphatic rings. The molecule has 3 atom stereocenters. The number of aliphatic hydroxyl groups is 1. The van der Waals surface area contributed by atoms with Crippen molar-refractivity contribution in [1.82, 2.24) is 0 Å². The number of hydrogen-bond acceptors (Lipinski definition) is 2. The second-order valence-electron chi connectivity index (χ2n) is 4.68. The third kappa shape index (κ3) is 6.39. The zero-order valence-corrected chi connectivity index (χ0v) is 10.3. The molecule has 1 N–H and O–H groups in total. The Morgan fingerprint density at radius 3 is 2.07 bits per heavy atom. The van der Waals surface area contributed by atoms with Crippen molar-refractivity contribution < 1.29 is 9.84 Å². The van der Waals surface area contributed by atoms with Crippen molar-refractivity contribution in [3.05, 3.63) is 0 Å². The topological polar surface area (TPSA) is 29.5 Å². The molecule has 0 saturated heterocycles. The second kappa shape index (κ2) is 7.24. The van der Waals surface area contributed by atoms with E-state index in [1.165, 1.54) is 0 Å². The zero-order valence-electron chi connectivity index (χ0n) is 10.3. The minimum absolute atomic E-state index is 0.171. The molecule has 0 aromatic rings. The third-order valence-electron chi connectivity index (χ3n) is 2.52. The molecule has 2 nitrogen and oxygen atoms in total. The molecule has 0 aliphatic heterocycles. The standard InChI is InChI=1S/C12H26O2/c1-6-14-11(5)8-12(13)10(4)7-9(2)3/h9-13H,6-8H2,1-5H3. The largest absolute Gasteiger partial charge is 0.393 e. The normalized spacial score (nSPS) is 18.2. The summed E-state index contributed by atoms with van der Waals surface area (Å²) in [6.07, 6.45) is 1.78. The molecule has 0 rings (SSSR count). The van der Waals surface area contributed by atoms with Crippen LogP contribution in [0.5, 0.6) is 0 Å². The summed E-state index contributed by atoms with van der Waals surface area (Å²) in [4.78, 5) is 0. The molecule has 2 heteroatoms. The molecule has 86 valence electrons. The van der Waals surface area contributed by atoms with Crippen LogP contribution in [0.2, 0.25) is 0 Å². The van der Waals surface area contributed by atoms with Crippen LogP contribution in [0, 0.1) is 11.8 Å². The van der Waals surface area contributed by atoms with Crippen LogP contribution in [-0.4, -0.2) is 23.9 Å². The molecule has 0 aliphatic carbocycles. The van der Waals surface area contributed by atoms with Crippen LogP contribution < -0.4 is 0 Å². The monoisotopic (exact) mass is 202 g/mol. The van der Waals surface area contributed by atoms with Gasteiger partial charge in [-0.2, -0.15) is 0 Å². The Labute approximate surface area is 88.7 Å². The van der Waals surface area contributed by atoms with Crippen molar-refractivity contribution >= 4 is 0 Å². The van der Waals surface area contributed by atoms with Crippen LogP contribution in [0.25, 0.3) is 0 Å². The summed E-state index contributed by atoms with van der Waals surface area (Å²) < 4.78 is 5.41. The summed E-state index contributed by atoms with van der Waals surface area (Å²) in [6.45, 7) is 11.2. The van der Waals surface area contributed by atoms with Gasteiger partial charge >= 0.3 is 0 Å². The van der Waals surface area contributed by atoms with Crippen molar-refractivity contribution in [3.63, 3.8) is 0 Å². The first-order valence-electron chi connectivity index (χ1n) is 5.77. The quantitative estimate of drug-likeness (QED) is 0.688. The first kappa shape index (κ1) is 13.9. The molecule has 3 unspecified atom stereocenters. The maximum Gasteiger partial charge on any atom is 0.0590 e. The van der Waals surface area contributed by atoms with Gasteiger partial charge in [-0.1, -0.05) is 20.8 Å². The van der Waals surface area contributed by atoms with Gasteiger partial charge < -0.3 is 9.84 Å². The Kier molecular flexibility index (Phi) is 7.20. The molecule has 0 aromatic heterocycles. The average molecular weight is 202 g/mol. The van der Waals surface area contributed by atoms with Gasteiger partial charge in [0.1, 0.15) is 0 Å². The van der Waals surface area contributed by atoms with E-state index in [4.69, 9.17) is 4.74 Å². The van der Waals surface area contributed by atoms with Gasteiger partial charge in [0, 0.05) is 6.61 Å². The summed E-state index contributed by atoms with van der Waals surface area (Å²) >= 11 is 0. The zero-order chi connectivity index (χ0) is 11.1. The summed E-state index contributed by atoms with van der Waals surface area (Å²) in [5, 5.41) is 9.88. The highest BCUT2D eigenvalue weighted by Crippen LogP contribution is 2.18. The second-order valence-corrected chi connectivity index (χ2v) is 4.68. The van der Waals surface area contributed by atoms with E-state index in [2.05, 4.69) is 20.8 Å². The molecule has 0 amide bonds. The van der Waals surface area contributed by atoms with Gasteiger partial charge in [0.25, 0.3) is 0 Å². The van der Waals surface area contributed by atoms with E-state index < -0.39 is 0 Å². The van der Waals surface area contributed by atoms with E-state index in [0.717, 1.165) is 19.4 Å². The van der Waals surface area contributed by atoms with E-state index in [0.29, 0.717) is 11.8 Å². The molecule has 0 spiro atoms. The van der Waals surface area contributed by atoms with Crippen molar-refractivity contribution in [2.45, 2.75) is 59.7 Å². The number of ether oxygens (including phenoxy) is 1. The van der Waals surface area contributed by atoms with E-state index in [1.54, 1.807) is 0 Å². The Morgan fingerprint density at radius 2 is 1.64 bits per heavy atom. The molecule has 14 heavy (non-hydrogen) atoms. The van der Waals surface area contributed by atoms with Gasteiger partial charge in [0.15, 0.2) is 0 Å². The Bertz CT molecular complexity index is 134. The van der Waals surface area contributed by atoms with Crippen molar-refractivity contribution in [1.29, 1.82) is 0 Å². The van der Waals surface area contributed by atoms with Gasteiger partial charge in [-0.05, 0) is 38.5 Å². The van der Waals surface area contributed by atoms with Gasteiger partial charge in [-0.25, -0.2) is 0 Å². The van der Waals surface area contributed by atoms with Crippen LogP contribution in [0.1, 0.15) is 47.5 Å². The summed E-state index contributed by atoms with van der Waals surface area (Å²) in [7, 11) is 0. The molecule has 0 aromatic carbocycles. The SMILES string of the molecule is CCOC(C)CC(O)C(C)CC(C)C. The Balaban J connectivity index is 3.76. The lowest BCUT2D eigenvalue weighted by molar-refractivity contribution is 0.0101. The average Bonchev–Trinajstić information content (AvgIpc) is 2.02. The summed E-state index contributed by atoms with van der Waals surface area (Å²) in [5.74, 6) is 1.03. The van der Waals surface area contributed by atoms with E-state index in [1.807, 2.05) is 13.8 Å². The van der Waals surface area contributed by atoms with Gasteiger partial charge in [0.05, 0.1) is 12.2 Å². The van der Waals surface area contributed by atoms with Gasteiger partial charge in [0.2, 0.25) is 0 Å². The minimum Gasteiger partial charge on any atom is -0.393 e. The van der Waals surface area contributed by atoms with Crippen molar-refractivity contribution in [2.24, 2.45) is 11.8 Å². The molecule has 0 radical (unpaired) electrons. The lowest BCUT2D eigenvalue weighted by Gasteiger charge is -2.23. The fraction of sp³-hybridized carbons (Fsp3) is 1.00. The van der Waals surface area contributed by atoms with E-state index in [9.17, 15) is 5.11 Å². The Hall–Kier alpha value is -0.0800. The highest BCUT2D eigenvalue weighted by Gasteiger charge is 2.18. The number of rotatable bonds is 7. The predicted molar refractivity (Wildman–Crippen MR) is 60.3 cm³/mol. The molecule has 0 fully saturated rings. The highest BCUT2D eigenvalue weighted by molar-refractivity contribution is 4.69. The smallest absolute Gasteiger partial charge is 0.0590 e. The van der Waals surface area contributed by atoms with Crippen LogP contribution in [0.4, 0.5) is 0 Å². The maximum absolute atomic E-state index is 9.88. The van der Waals surface area contributed by atoms with Crippen LogP contribution in [0.15, 0.2) is 0 Å².